The van der Waals surface area contributed by atoms with Gasteiger partial charge in [0, 0.05) is 32.1 Å². The molecule has 3 amide bonds. The van der Waals surface area contributed by atoms with Crippen molar-refractivity contribution >= 4 is 17.7 Å². The van der Waals surface area contributed by atoms with Crippen LogP contribution in [0.5, 0.6) is 0 Å². The number of rotatable bonds is 5. The van der Waals surface area contributed by atoms with Crippen molar-refractivity contribution in [2.24, 2.45) is 5.92 Å². The van der Waals surface area contributed by atoms with E-state index in [1.165, 1.54) is 4.90 Å². The smallest absolute Gasteiger partial charge is 0.239 e. The van der Waals surface area contributed by atoms with Crippen LogP contribution in [0.3, 0.4) is 0 Å². The molecule has 1 N–H and O–H groups in total. The summed E-state index contributed by atoms with van der Waals surface area (Å²) in [5.41, 5.74) is 0. The molecule has 1 atom stereocenters. The Hall–Kier alpha value is -1.59. The van der Waals surface area contributed by atoms with Crippen molar-refractivity contribution in [1.82, 2.24) is 15.1 Å². The molecule has 1 saturated heterocycles. The Labute approximate surface area is 120 Å². The standard InChI is InChI=1S/C14H25N3O3/c1-9(2)15-12(18)8-16(5)14(20)11-6-13(19)17(7-11)10(3)4/h9-11H,6-8H2,1-5H3,(H,15,18)/t11-/m1/s1. The van der Waals surface area contributed by atoms with E-state index in [0.29, 0.717) is 6.54 Å². The number of carbonyl (C=O) groups is 3. The third-order valence-corrected chi connectivity index (χ3v) is 3.34. The van der Waals surface area contributed by atoms with Gasteiger partial charge in [0.25, 0.3) is 0 Å². The number of carbonyl (C=O) groups excluding carboxylic acids is 3. The normalized spacial score (nSPS) is 18.9. The van der Waals surface area contributed by atoms with Crippen molar-refractivity contribution in [2.45, 2.75) is 46.2 Å². The summed E-state index contributed by atoms with van der Waals surface area (Å²) >= 11 is 0. The van der Waals surface area contributed by atoms with Gasteiger partial charge in [-0.25, -0.2) is 0 Å². The highest BCUT2D eigenvalue weighted by molar-refractivity contribution is 5.91. The Morgan fingerprint density at radius 2 is 1.95 bits per heavy atom. The lowest BCUT2D eigenvalue weighted by Gasteiger charge is -2.23. The zero-order valence-corrected chi connectivity index (χ0v) is 13.0. The minimum Gasteiger partial charge on any atom is -0.352 e. The Bertz CT molecular complexity index is 393. The van der Waals surface area contributed by atoms with Gasteiger partial charge in [0.15, 0.2) is 0 Å². The molecule has 0 spiro atoms. The van der Waals surface area contributed by atoms with Gasteiger partial charge >= 0.3 is 0 Å². The summed E-state index contributed by atoms with van der Waals surface area (Å²) in [6, 6.07) is 0.158. The molecule has 0 radical (unpaired) electrons. The largest absolute Gasteiger partial charge is 0.352 e. The highest BCUT2D eigenvalue weighted by Crippen LogP contribution is 2.21. The molecule has 0 bridgehead atoms. The fraction of sp³-hybridized carbons (Fsp3) is 0.786. The first-order chi connectivity index (χ1) is 9.22. The van der Waals surface area contributed by atoms with Gasteiger partial charge < -0.3 is 15.1 Å². The van der Waals surface area contributed by atoms with E-state index >= 15 is 0 Å². The minimum absolute atomic E-state index is 0.0124. The van der Waals surface area contributed by atoms with E-state index in [-0.39, 0.29) is 48.7 Å². The van der Waals surface area contributed by atoms with Crippen LogP contribution in [0, 0.1) is 5.92 Å². The Morgan fingerprint density at radius 1 is 1.35 bits per heavy atom. The number of nitrogens with zero attached hydrogens (tertiary/aromatic N) is 2. The lowest BCUT2D eigenvalue weighted by Crippen LogP contribution is -2.43. The fourth-order valence-electron chi connectivity index (χ4n) is 2.37. The van der Waals surface area contributed by atoms with Crippen LogP contribution in [-0.2, 0) is 14.4 Å². The van der Waals surface area contributed by atoms with Crippen LogP contribution in [0.2, 0.25) is 0 Å². The van der Waals surface area contributed by atoms with Gasteiger partial charge in [-0.15, -0.1) is 0 Å². The Kier molecular flexibility index (Phi) is 5.53. The third-order valence-electron chi connectivity index (χ3n) is 3.34. The van der Waals surface area contributed by atoms with Crippen molar-refractivity contribution in [3.63, 3.8) is 0 Å². The second-order valence-corrected chi connectivity index (χ2v) is 5.96. The van der Waals surface area contributed by atoms with Gasteiger partial charge in [0.1, 0.15) is 0 Å². The quantitative estimate of drug-likeness (QED) is 0.785. The fourth-order valence-corrected chi connectivity index (χ4v) is 2.37. The Balaban J connectivity index is 2.54. The van der Waals surface area contributed by atoms with Gasteiger partial charge in [-0.1, -0.05) is 0 Å². The van der Waals surface area contributed by atoms with Gasteiger partial charge in [-0.2, -0.15) is 0 Å². The van der Waals surface area contributed by atoms with Gasteiger partial charge in [0.2, 0.25) is 17.7 Å². The van der Waals surface area contributed by atoms with E-state index in [1.54, 1.807) is 11.9 Å². The molecule has 0 aromatic carbocycles. The number of amides is 3. The van der Waals surface area contributed by atoms with E-state index < -0.39 is 0 Å². The molecule has 6 nitrogen and oxygen atoms in total. The molecule has 0 aliphatic carbocycles. The minimum atomic E-state index is -0.332. The van der Waals surface area contributed by atoms with E-state index in [4.69, 9.17) is 0 Å². The number of nitrogens with one attached hydrogen (secondary N) is 1. The first-order valence-corrected chi connectivity index (χ1v) is 7.06. The molecule has 6 heteroatoms. The summed E-state index contributed by atoms with van der Waals surface area (Å²) in [4.78, 5) is 38.8. The average Bonchev–Trinajstić information content (AvgIpc) is 2.69. The molecule has 20 heavy (non-hydrogen) atoms. The second-order valence-electron chi connectivity index (χ2n) is 5.96. The predicted octanol–water partition coefficient (Wildman–Crippen LogP) is 0.226. The van der Waals surface area contributed by atoms with Crippen molar-refractivity contribution in [2.75, 3.05) is 20.1 Å². The van der Waals surface area contributed by atoms with Crippen LogP contribution in [0.1, 0.15) is 34.1 Å². The summed E-state index contributed by atoms with van der Waals surface area (Å²) in [6.07, 6.45) is 0.243. The van der Waals surface area contributed by atoms with Crippen LogP contribution in [0.25, 0.3) is 0 Å². The Morgan fingerprint density at radius 3 is 2.40 bits per heavy atom. The van der Waals surface area contributed by atoms with Crippen molar-refractivity contribution < 1.29 is 14.4 Å². The third kappa shape index (κ3) is 4.21. The molecule has 1 rings (SSSR count). The molecular weight excluding hydrogens is 258 g/mol. The molecule has 114 valence electrons. The maximum absolute atomic E-state index is 12.2. The van der Waals surface area contributed by atoms with Crippen LogP contribution in [-0.4, -0.2) is 59.7 Å². The maximum Gasteiger partial charge on any atom is 0.239 e. The highest BCUT2D eigenvalue weighted by Gasteiger charge is 2.36. The summed E-state index contributed by atoms with van der Waals surface area (Å²) in [5.74, 6) is -0.638. The summed E-state index contributed by atoms with van der Waals surface area (Å²) in [7, 11) is 1.60. The molecule has 1 aliphatic heterocycles. The average molecular weight is 283 g/mol. The van der Waals surface area contributed by atoms with Crippen molar-refractivity contribution in [3.8, 4) is 0 Å². The summed E-state index contributed by atoms with van der Waals surface area (Å²) in [5, 5.41) is 2.74. The van der Waals surface area contributed by atoms with Crippen LogP contribution in [0.4, 0.5) is 0 Å². The number of likely N-dealkylation sites (N-methyl/N-ethyl adjacent to an activating group) is 1. The van der Waals surface area contributed by atoms with Crippen LogP contribution < -0.4 is 5.32 Å². The van der Waals surface area contributed by atoms with Crippen LogP contribution in [0.15, 0.2) is 0 Å². The zero-order valence-electron chi connectivity index (χ0n) is 13.0. The SMILES string of the molecule is CC(C)NC(=O)CN(C)C(=O)[C@@H]1CC(=O)N(C(C)C)C1. The summed E-state index contributed by atoms with van der Waals surface area (Å²) < 4.78 is 0. The molecule has 1 fully saturated rings. The van der Waals surface area contributed by atoms with E-state index in [2.05, 4.69) is 5.32 Å². The first kappa shape index (κ1) is 16.5. The van der Waals surface area contributed by atoms with Gasteiger partial charge in [0.05, 0.1) is 12.5 Å². The van der Waals surface area contributed by atoms with Gasteiger partial charge in [-0.3, -0.25) is 14.4 Å². The molecule has 0 saturated carbocycles. The van der Waals surface area contributed by atoms with Crippen molar-refractivity contribution in [3.05, 3.63) is 0 Å². The van der Waals surface area contributed by atoms with E-state index in [9.17, 15) is 14.4 Å². The molecule has 0 aromatic heterocycles. The predicted molar refractivity (Wildman–Crippen MR) is 75.9 cm³/mol. The zero-order chi connectivity index (χ0) is 15.4. The molecule has 0 aromatic rings. The molecule has 1 heterocycles. The number of hydrogen-bond donors (Lipinski definition) is 1. The van der Waals surface area contributed by atoms with E-state index in [0.717, 1.165) is 0 Å². The van der Waals surface area contributed by atoms with E-state index in [1.807, 2.05) is 27.7 Å². The molecule has 0 unspecified atom stereocenters. The maximum atomic E-state index is 12.2. The lowest BCUT2D eigenvalue weighted by molar-refractivity contribution is -0.138. The van der Waals surface area contributed by atoms with Crippen LogP contribution >= 0.6 is 0 Å². The molecular formula is C14H25N3O3. The number of likely N-dealkylation sites (tertiary alicyclic amines) is 1. The molecule has 1 aliphatic rings. The highest BCUT2D eigenvalue weighted by atomic mass is 16.2. The van der Waals surface area contributed by atoms with Crippen molar-refractivity contribution in [1.29, 1.82) is 0 Å². The number of hydrogen-bond acceptors (Lipinski definition) is 3. The monoisotopic (exact) mass is 283 g/mol. The summed E-state index contributed by atoms with van der Waals surface area (Å²) in [6.45, 7) is 8.09. The lowest BCUT2D eigenvalue weighted by atomic mass is 10.1. The van der Waals surface area contributed by atoms with Gasteiger partial charge in [-0.05, 0) is 27.7 Å². The second kappa shape index (κ2) is 6.72. The topological polar surface area (TPSA) is 69.7 Å². The first-order valence-electron chi connectivity index (χ1n) is 7.06.